The average molecular weight is 206 g/mol. The first-order valence-corrected chi connectivity index (χ1v) is 5.84. The van der Waals surface area contributed by atoms with Gasteiger partial charge in [0.25, 0.3) is 0 Å². The van der Waals surface area contributed by atoms with Gasteiger partial charge in [0, 0.05) is 0 Å². The molecule has 0 unspecified atom stereocenters. The Morgan fingerprint density at radius 3 is 3.07 bits per heavy atom. The molecule has 1 saturated carbocycles. The van der Waals surface area contributed by atoms with E-state index in [1.54, 1.807) is 11.3 Å². The molecule has 0 aromatic carbocycles. The summed E-state index contributed by atoms with van der Waals surface area (Å²) in [7, 11) is 0. The zero-order valence-corrected chi connectivity index (χ0v) is 9.19. The first-order valence-electron chi connectivity index (χ1n) is 4.96. The second-order valence-electron chi connectivity index (χ2n) is 3.75. The Bertz CT molecular complexity index is 352. The number of aryl methyl sites for hydroxylation is 1. The predicted octanol–water partition coefficient (Wildman–Crippen LogP) is 2.83. The van der Waals surface area contributed by atoms with Gasteiger partial charge in [-0.1, -0.05) is 11.8 Å². The minimum atomic E-state index is 0.577. The molecule has 1 heterocycles. The molecular formula is C12H14OS. The number of rotatable bonds is 3. The predicted molar refractivity (Wildman–Crippen MR) is 59.5 cm³/mol. The van der Waals surface area contributed by atoms with Crippen molar-refractivity contribution < 1.29 is 4.74 Å². The van der Waals surface area contributed by atoms with E-state index in [2.05, 4.69) is 30.2 Å². The molecular weight excluding hydrogens is 192 g/mol. The van der Waals surface area contributed by atoms with Gasteiger partial charge in [0.05, 0.1) is 11.5 Å². The fourth-order valence-electron chi connectivity index (χ4n) is 1.18. The Morgan fingerprint density at radius 1 is 1.57 bits per heavy atom. The van der Waals surface area contributed by atoms with Gasteiger partial charge in [-0.05, 0) is 42.7 Å². The largest absolute Gasteiger partial charge is 0.368 e. The molecule has 0 amide bonds. The third-order valence-corrected chi connectivity index (χ3v) is 3.13. The van der Waals surface area contributed by atoms with E-state index in [0.29, 0.717) is 6.61 Å². The van der Waals surface area contributed by atoms with Crippen molar-refractivity contribution in [3.63, 3.8) is 0 Å². The molecule has 0 saturated heterocycles. The monoisotopic (exact) mass is 206 g/mol. The molecule has 1 aliphatic carbocycles. The molecule has 0 atom stereocenters. The number of hydrogen-bond donors (Lipinski definition) is 0. The maximum Gasteiger partial charge on any atom is 0.108 e. The van der Waals surface area contributed by atoms with Gasteiger partial charge in [0.15, 0.2) is 0 Å². The Kier molecular flexibility index (Phi) is 3.23. The quantitative estimate of drug-likeness (QED) is 0.546. The van der Waals surface area contributed by atoms with Crippen LogP contribution in [0.25, 0.3) is 0 Å². The van der Waals surface area contributed by atoms with Gasteiger partial charge in [-0.15, -0.1) is 11.3 Å². The Hall–Kier alpha value is -0.780. The molecule has 74 valence electrons. The van der Waals surface area contributed by atoms with Gasteiger partial charge < -0.3 is 4.74 Å². The highest BCUT2D eigenvalue weighted by atomic mass is 32.1. The lowest BCUT2D eigenvalue weighted by molar-refractivity contribution is 0.156. The number of thiophene rings is 1. The zero-order chi connectivity index (χ0) is 9.80. The van der Waals surface area contributed by atoms with Crippen LogP contribution in [0, 0.1) is 24.7 Å². The van der Waals surface area contributed by atoms with Crippen molar-refractivity contribution in [1.82, 2.24) is 0 Å². The van der Waals surface area contributed by atoms with Crippen LogP contribution < -0.4 is 0 Å². The van der Waals surface area contributed by atoms with Crippen molar-refractivity contribution in [2.45, 2.75) is 19.8 Å². The van der Waals surface area contributed by atoms with E-state index in [-0.39, 0.29) is 0 Å². The standard InChI is InChI=1S/C12H14OS/c1-10-7-12(14-9-10)3-2-6-13-8-11-4-5-11/h7,9,11H,4-6,8H2,1H3. The molecule has 1 nitrogen and oxygen atoms in total. The smallest absolute Gasteiger partial charge is 0.108 e. The first-order chi connectivity index (χ1) is 6.84. The Labute approximate surface area is 89.1 Å². The van der Waals surface area contributed by atoms with E-state index < -0.39 is 0 Å². The molecule has 1 aromatic rings. The number of ether oxygens (including phenoxy) is 1. The van der Waals surface area contributed by atoms with E-state index in [1.807, 2.05) is 0 Å². The van der Waals surface area contributed by atoms with Gasteiger partial charge in [0.2, 0.25) is 0 Å². The second-order valence-corrected chi connectivity index (χ2v) is 4.66. The lowest BCUT2D eigenvalue weighted by Gasteiger charge is -1.94. The van der Waals surface area contributed by atoms with Crippen LogP contribution in [-0.2, 0) is 4.74 Å². The summed E-state index contributed by atoms with van der Waals surface area (Å²) in [6.45, 7) is 3.57. The summed E-state index contributed by atoms with van der Waals surface area (Å²) in [6.07, 6.45) is 2.69. The molecule has 14 heavy (non-hydrogen) atoms. The van der Waals surface area contributed by atoms with Crippen LogP contribution in [0.15, 0.2) is 11.4 Å². The van der Waals surface area contributed by atoms with E-state index >= 15 is 0 Å². The van der Waals surface area contributed by atoms with Crippen LogP contribution in [0.4, 0.5) is 0 Å². The van der Waals surface area contributed by atoms with E-state index in [9.17, 15) is 0 Å². The second kappa shape index (κ2) is 4.63. The summed E-state index contributed by atoms with van der Waals surface area (Å²) in [4.78, 5) is 1.14. The van der Waals surface area contributed by atoms with Crippen molar-refractivity contribution in [2.24, 2.45) is 5.92 Å². The van der Waals surface area contributed by atoms with Gasteiger partial charge in [-0.2, -0.15) is 0 Å². The topological polar surface area (TPSA) is 9.23 Å². The van der Waals surface area contributed by atoms with E-state index in [0.717, 1.165) is 17.4 Å². The molecule has 2 heteroatoms. The van der Waals surface area contributed by atoms with Gasteiger partial charge >= 0.3 is 0 Å². The summed E-state index contributed by atoms with van der Waals surface area (Å²) < 4.78 is 5.42. The molecule has 1 aliphatic rings. The summed E-state index contributed by atoms with van der Waals surface area (Å²) in [6, 6.07) is 2.11. The average Bonchev–Trinajstić information content (AvgIpc) is 2.89. The van der Waals surface area contributed by atoms with Crippen molar-refractivity contribution in [1.29, 1.82) is 0 Å². The van der Waals surface area contributed by atoms with Crippen LogP contribution in [-0.4, -0.2) is 13.2 Å². The summed E-state index contributed by atoms with van der Waals surface area (Å²) in [5.41, 5.74) is 1.29. The highest BCUT2D eigenvalue weighted by Crippen LogP contribution is 2.28. The maximum atomic E-state index is 5.42. The molecule has 1 aromatic heterocycles. The summed E-state index contributed by atoms with van der Waals surface area (Å²) in [5.74, 6) is 6.97. The third kappa shape index (κ3) is 3.17. The SMILES string of the molecule is Cc1csc(C#CCOCC2CC2)c1. The van der Waals surface area contributed by atoms with Crippen molar-refractivity contribution in [3.8, 4) is 11.8 Å². The normalized spacial score (nSPS) is 14.9. The molecule has 0 bridgehead atoms. The lowest BCUT2D eigenvalue weighted by atomic mass is 10.3. The molecule has 0 radical (unpaired) electrons. The van der Waals surface area contributed by atoms with Gasteiger partial charge in [-0.25, -0.2) is 0 Å². The maximum absolute atomic E-state index is 5.42. The molecule has 0 N–H and O–H groups in total. The van der Waals surface area contributed by atoms with Crippen molar-refractivity contribution >= 4 is 11.3 Å². The van der Waals surface area contributed by atoms with Crippen LogP contribution in [0.1, 0.15) is 23.3 Å². The van der Waals surface area contributed by atoms with Gasteiger partial charge in [0.1, 0.15) is 6.61 Å². The Balaban J connectivity index is 1.70. The lowest BCUT2D eigenvalue weighted by Crippen LogP contribution is -1.95. The fourth-order valence-corrected chi connectivity index (χ4v) is 1.95. The highest BCUT2D eigenvalue weighted by molar-refractivity contribution is 7.10. The first kappa shape index (κ1) is 9.76. The van der Waals surface area contributed by atoms with E-state index in [4.69, 9.17) is 4.74 Å². The van der Waals surface area contributed by atoms with Crippen molar-refractivity contribution in [3.05, 3.63) is 21.9 Å². The van der Waals surface area contributed by atoms with Crippen LogP contribution >= 0.6 is 11.3 Å². The molecule has 2 rings (SSSR count). The van der Waals surface area contributed by atoms with E-state index in [1.165, 1.54) is 18.4 Å². The van der Waals surface area contributed by atoms with Crippen LogP contribution in [0.3, 0.4) is 0 Å². The Morgan fingerprint density at radius 2 is 2.43 bits per heavy atom. The van der Waals surface area contributed by atoms with Crippen LogP contribution in [0.2, 0.25) is 0 Å². The summed E-state index contributed by atoms with van der Waals surface area (Å²) >= 11 is 1.70. The third-order valence-electron chi connectivity index (χ3n) is 2.17. The summed E-state index contributed by atoms with van der Waals surface area (Å²) in [5, 5.41) is 2.12. The zero-order valence-electron chi connectivity index (χ0n) is 8.38. The van der Waals surface area contributed by atoms with Crippen LogP contribution in [0.5, 0.6) is 0 Å². The highest BCUT2D eigenvalue weighted by Gasteiger charge is 2.20. The molecule has 1 fully saturated rings. The molecule has 0 spiro atoms. The minimum absolute atomic E-state index is 0.577. The minimum Gasteiger partial charge on any atom is -0.368 e. The number of hydrogen-bond acceptors (Lipinski definition) is 2. The van der Waals surface area contributed by atoms with Gasteiger partial charge in [-0.3, -0.25) is 0 Å². The molecule has 0 aliphatic heterocycles. The van der Waals surface area contributed by atoms with Crippen molar-refractivity contribution in [2.75, 3.05) is 13.2 Å². The fraction of sp³-hybridized carbons (Fsp3) is 0.500.